The number of hydrogen-bond acceptors (Lipinski definition) is 11. The van der Waals surface area contributed by atoms with Crippen LogP contribution in [-0.2, 0) is 0 Å². The van der Waals surface area contributed by atoms with Gasteiger partial charge in [-0.3, -0.25) is 4.98 Å². The molecule has 124 heavy (non-hydrogen) atoms. The topological polar surface area (TPSA) is 117 Å². The first-order valence-electron chi connectivity index (χ1n) is 41.4. The normalized spacial score (nSPS) is 11.7. The molecule has 18 aromatic carbocycles. The maximum atomic E-state index is 6.37. The molecule has 8 aromatic heterocycles. The van der Waals surface area contributed by atoms with E-state index in [1.165, 1.54) is 78.4 Å². The lowest BCUT2D eigenvalue weighted by Crippen LogP contribution is -1.96. The summed E-state index contributed by atoms with van der Waals surface area (Å²) in [6.45, 7) is 0. The van der Waals surface area contributed by atoms with E-state index in [0.29, 0.717) is 5.82 Å². The largest absolute Gasteiger partial charge is 0.456 e. The first kappa shape index (κ1) is 72.0. The molecule has 26 aromatic rings. The van der Waals surface area contributed by atoms with Crippen LogP contribution < -0.4 is 0 Å². The van der Waals surface area contributed by atoms with Gasteiger partial charge >= 0.3 is 0 Å². The number of pyridine rings is 1. The molecule has 0 saturated carbocycles. The molecule has 0 saturated heterocycles. The van der Waals surface area contributed by atoms with E-state index in [0.717, 1.165) is 166 Å². The van der Waals surface area contributed by atoms with Crippen molar-refractivity contribution >= 4 is 172 Å². The van der Waals surface area contributed by atoms with Crippen molar-refractivity contribution in [1.29, 1.82) is 0 Å². The van der Waals surface area contributed by atoms with Crippen molar-refractivity contribution in [3.8, 4) is 101 Å². The highest BCUT2D eigenvalue weighted by molar-refractivity contribution is 7.26. The summed E-state index contributed by atoms with van der Waals surface area (Å²) >= 11 is 3.66. The first-order valence-corrected chi connectivity index (χ1v) is 43.1. The molecule has 0 radical (unpaired) electrons. The Kier molecular flexibility index (Phi) is 17.4. The molecule has 0 fully saturated rings. The van der Waals surface area contributed by atoms with Crippen molar-refractivity contribution in [2.75, 3.05) is 0 Å². The van der Waals surface area contributed by atoms with Gasteiger partial charge in [-0.2, -0.15) is 0 Å². The fourth-order valence-electron chi connectivity index (χ4n) is 18.0. The van der Waals surface area contributed by atoms with E-state index in [4.69, 9.17) is 38.7 Å². The minimum absolute atomic E-state index is 0.675. The van der Waals surface area contributed by atoms with Crippen molar-refractivity contribution in [3.63, 3.8) is 0 Å². The van der Waals surface area contributed by atoms with E-state index in [2.05, 4.69) is 339 Å². The van der Waals surface area contributed by atoms with Gasteiger partial charge in [-0.15, -0.1) is 22.7 Å². The standard InChI is InChI=1S/C42H24N2OS.C36H22N2S.C35H21N3O/c1-2-9-27(10-3-1)40-32-20-23-37-39(38-30-11-5-4-8-26(30)19-22-36(38)46-37)41(32)44-42(43-40)28-16-14-25(15-17-28)29-18-21-35-33(24-29)31-12-6-7-13-34(31)45-35;1-3-9-23(10-4-1)24-15-17-27(18-16-24)36-37-34(26-12-5-2-6-13-26)29-20-22-31-33(35(29)38-36)32-28-14-8-7-11-25(28)19-21-30(32)39-31;1-2-9-23(10-3-1)33-28-16-18-30-32(31-27-14-5-4-8-22(27)15-17-29(31)39-30)34(28)38-35(37-33)25-12-6-11-24(20-25)26-13-7-19-36-21-26/h1-24H;1-22H;1-21H. The van der Waals surface area contributed by atoms with Gasteiger partial charge in [-0.25, -0.2) is 29.9 Å². The molecule has 578 valence electrons. The molecule has 0 bridgehead atoms. The minimum Gasteiger partial charge on any atom is -0.456 e. The predicted octanol–water partition coefficient (Wildman–Crippen LogP) is 31.3. The van der Waals surface area contributed by atoms with Gasteiger partial charge in [0.2, 0.25) is 0 Å². The average Bonchev–Trinajstić information content (AvgIpc) is 1.56. The third-order valence-corrected chi connectivity index (χ3v) is 26.2. The van der Waals surface area contributed by atoms with Crippen LogP contribution >= 0.6 is 22.7 Å². The number of aromatic nitrogens is 7. The molecule has 0 aliphatic heterocycles. The van der Waals surface area contributed by atoms with Gasteiger partial charge in [0.25, 0.3) is 0 Å². The molecule has 0 unspecified atom stereocenters. The second kappa shape index (κ2) is 30.0. The molecule has 8 heterocycles. The molecular weight excluding hydrogens is 1550 g/mol. The molecule has 9 nitrogen and oxygen atoms in total. The summed E-state index contributed by atoms with van der Waals surface area (Å²) in [6.07, 6.45) is 3.66. The molecule has 0 amide bonds. The van der Waals surface area contributed by atoms with Crippen molar-refractivity contribution in [2.45, 2.75) is 0 Å². The number of fused-ring (bicyclic) bond motifs is 24. The summed E-state index contributed by atoms with van der Waals surface area (Å²) in [5.41, 5.74) is 22.1. The summed E-state index contributed by atoms with van der Waals surface area (Å²) in [5.74, 6) is 2.14. The van der Waals surface area contributed by atoms with Crippen LogP contribution in [0.2, 0.25) is 0 Å². The predicted molar refractivity (Wildman–Crippen MR) is 518 cm³/mol. The molecule has 26 rings (SSSR count). The van der Waals surface area contributed by atoms with Crippen molar-refractivity contribution in [3.05, 3.63) is 407 Å². The van der Waals surface area contributed by atoms with Gasteiger partial charge < -0.3 is 8.83 Å². The number of rotatable bonds is 9. The van der Waals surface area contributed by atoms with Gasteiger partial charge in [-0.1, -0.05) is 309 Å². The number of furan rings is 2. The molecule has 0 aliphatic carbocycles. The Bertz CT molecular complexity index is 8720. The number of nitrogens with zero attached hydrogens (tertiary/aromatic N) is 7. The summed E-state index contributed by atoms with van der Waals surface area (Å²) in [5, 5.41) is 19.8. The Morgan fingerprint density at radius 3 is 1.06 bits per heavy atom. The third-order valence-electron chi connectivity index (χ3n) is 23.9. The third kappa shape index (κ3) is 12.5. The summed E-state index contributed by atoms with van der Waals surface area (Å²) in [6, 6.07) is 138. The molecule has 11 heteroatoms. The van der Waals surface area contributed by atoms with E-state index in [-0.39, 0.29) is 0 Å². The van der Waals surface area contributed by atoms with E-state index in [1.807, 2.05) is 89.5 Å². The van der Waals surface area contributed by atoms with Gasteiger partial charge in [0, 0.05) is 124 Å². The Morgan fingerprint density at radius 1 is 0.185 bits per heavy atom. The van der Waals surface area contributed by atoms with E-state index >= 15 is 0 Å². The Labute approximate surface area is 718 Å². The molecule has 0 N–H and O–H groups in total. The maximum absolute atomic E-state index is 6.37. The van der Waals surface area contributed by atoms with Crippen LogP contribution in [0.5, 0.6) is 0 Å². The maximum Gasteiger partial charge on any atom is 0.160 e. The number of para-hydroxylation sites is 1. The van der Waals surface area contributed by atoms with Crippen LogP contribution in [0, 0.1) is 0 Å². The smallest absolute Gasteiger partial charge is 0.160 e. The number of hydrogen-bond donors (Lipinski definition) is 0. The lowest BCUT2D eigenvalue weighted by molar-refractivity contribution is 0.669. The highest BCUT2D eigenvalue weighted by atomic mass is 32.1. The Hall–Kier alpha value is -16.1. The van der Waals surface area contributed by atoms with Gasteiger partial charge in [0.1, 0.15) is 22.3 Å². The molecule has 0 atom stereocenters. The molecule has 0 spiro atoms. The van der Waals surface area contributed by atoms with Gasteiger partial charge in [-0.05, 0) is 145 Å². The fraction of sp³-hybridized carbons (Fsp3) is 0. The first-order chi connectivity index (χ1) is 61.4. The number of thiophene rings is 2. The Balaban J connectivity index is 0.000000105. The SMILES string of the molecule is c1ccc(-c2ccc(-c3nc(-c4ccccc4)c4ccc5sc6ccc7ccccc7c6c5c4n3)cc2)cc1.c1ccc(-c2nc(-c3ccc(-c4ccc5oc6ccccc6c5c4)cc3)nc3c2ccc2sc4ccc5ccccc5c4c23)cc1.c1ccc(-c2nc(-c3cccc(-c4cccnc4)c3)nc3c2ccc2oc4ccc5ccccc5c4c23)cc1. The fourth-order valence-corrected chi connectivity index (χ4v) is 20.3. The highest BCUT2D eigenvalue weighted by Crippen LogP contribution is 2.48. The average molecular weight is 1620 g/mol. The zero-order chi connectivity index (χ0) is 81.7. The quantitative estimate of drug-likeness (QED) is 0.139. The monoisotopic (exact) mass is 1620 g/mol. The minimum atomic E-state index is 0.675. The van der Waals surface area contributed by atoms with E-state index < -0.39 is 0 Å². The zero-order valence-electron chi connectivity index (χ0n) is 66.4. The van der Waals surface area contributed by atoms with E-state index in [1.54, 1.807) is 6.20 Å². The van der Waals surface area contributed by atoms with Crippen LogP contribution in [0.3, 0.4) is 0 Å². The van der Waals surface area contributed by atoms with Crippen molar-refractivity contribution in [1.82, 2.24) is 34.9 Å². The van der Waals surface area contributed by atoms with Crippen LogP contribution in [0.4, 0.5) is 0 Å². The summed E-state index contributed by atoms with van der Waals surface area (Å²) < 4.78 is 17.5. The van der Waals surface area contributed by atoms with Crippen molar-refractivity contribution in [2.24, 2.45) is 0 Å². The number of benzene rings is 18. The van der Waals surface area contributed by atoms with Gasteiger partial charge in [0.15, 0.2) is 17.5 Å². The van der Waals surface area contributed by atoms with Crippen LogP contribution in [0.25, 0.3) is 251 Å². The molecule has 0 aliphatic rings. The zero-order valence-corrected chi connectivity index (χ0v) is 68.1. The van der Waals surface area contributed by atoms with Gasteiger partial charge in [0.05, 0.1) is 39.0 Å². The summed E-state index contributed by atoms with van der Waals surface area (Å²) in [7, 11) is 0. The summed E-state index contributed by atoms with van der Waals surface area (Å²) in [4.78, 5) is 35.7. The Morgan fingerprint density at radius 2 is 0.532 bits per heavy atom. The van der Waals surface area contributed by atoms with Crippen LogP contribution in [0.15, 0.2) is 416 Å². The second-order valence-electron chi connectivity index (χ2n) is 31.2. The van der Waals surface area contributed by atoms with Crippen LogP contribution in [-0.4, -0.2) is 34.9 Å². The lowest BCUT2D eigenvalue weighted by Gasteiger charge is -2.11. The highest BCUT2D eigenvalue weighted by Gasteiger charge is 2.24. The van der Waals surface area contributed by atoms with Crippen molar-refractivity contribution < 1.29 is 8.83 Å². The second-order valence-corrected chi connectivity index (χ2v) is 33.4. The van der Waals surface area contributed by atoms with E-state index in [9.17, 15) is 0 Å². The molecular formula is C113H67N7O2S2. The van der Waals surface area contributed by atoms with Crippen LogP contribution in [0.1, 0.15) is 0 Å². The lowest BCUT2D eigenvalue weighted by atomic mass is 9.99.